The van der Waals surface area contributed by atoms with E-state index in [0.29, 0.717) is 6.04 Å². The third-order valence-electron chi connectivity index (χ3n) is 2.94. The van der Waals surface area contributed by atoms with Crippen LogP contribution in [0.3, 0.4) is 0 Å². The zero-order valence-electron chi connectivity index (χ0n) is 8.70. The molecule has 1 aromatic rings. The molecule has 1 saturated heterocycles. The molecule has 0 amide bonds. The summed E-state index contributed by atoms with van der Waals surface area (Å²) in [5, 5.41) is 2.44. The van der Waals surface area contributed by atoms with Crippen molar-refractivity contribution < 1.29 is 10.1 Å². The monoisotopic (exact) mass is 192 g/mol. The summed E-state index contributed by atoms with van der Waals surface area (Å²) >= 11 is 0. The molecule has 0 aliphatic carbocycles. The standard InChI is InChI=1S/C12H17NO/c1-14-11-6-4-5-10(9-11)12-7-2-3-8-13-12/h4-6,9,12-13H,2-3,7-8H2,1H3/p+1/t12-/m0/s1. The Labute approximate surface area is 85.3 Å². The fraction of sp³-hybridized carbons (Fsp3) is 0.500. The van der Waals surface area contributed by atoms with Gasteiger partial charge in [0.05, 0.1) is 13.7 Å². The highest BCUT2D eigenvalue weighted by Crippen LogP contribution is 2.21. The number of piperidine rings is 1. The van der Waals surface area contributed by atoms with Gasteiger partial charge in [0, 0.05) is 12.0 Å². The second-order valence-electron chi connectivity index (χ2n) is 3.90. The summed E-state index contributed by atoms with van der Waals surface area (Å²) in [7, 11) is 1.73. The van der Waals surface area contributed by atoms with E-state index in [1.54, 1.807) is 7.11 Å². The first-order chi connectivity index (χ1) is 6.90. The molecule has 0 radical (unpaired) electrons. The Hall–Kier alpha value is -1.02. The predicted octanol–water partition coefficient (Wildman–Crippen LogP) is 1.48. The fourth-order valence-corrected chi connectivity index (χ4v) is 2.12. The Morgan fingerprint density at radius 1 is 1.36 bits per heavy atom. The average Bonchev–Trinajstić information content (AvgIpc) is 2.30. The number of quaternary nitrogens is 1. The van der Waals surface area contributed by atoms with Crippen LogP contribution in [0.15, 0.2) is 24.3 Å². The molecule has 1 aliphatic rings. The van der Waals surface area contributed by atoms with Crippen LogP contribution in [0.2, 0.25) is 0 Å². The molecule has 76 valence electrons. The summed E-state index contributed by atoms with van der Waals surface area (Å²) in [5.74, 6) is 0.974. The van der Waals surface area contributed by atoms with Gasteiger partial charge in [0.2, 0.25) is 0 Å². The first-order valence-electron chi connectivity index (χ1n) is 5.37. The van der Waals surface area contributed by atoms with Gasteiger partial charge in [-0.25, -0.2) is 0 Å². The molecule has 0 bridgehead atoms. The van der Waals surface area contributed by atoms with Crippen molar-refractivity contribution in [3.63, 3.8) is 0 Å². The lowest BCUT2D eigenvalue weighted by atomic mass is 9.97. The van der Waals surface area contributed by atoms with E-state index in [2.05, 4.69) is 23.5 Å². The summed E-state index contributed by atoms with van der Waals surface area (Å²) in [6.45, 7) is 1.27. The molecule has 2 rings (SSSR count). The van der Waals surface area contributed by atoms with E-state index >= 15 is 0 Å². The van der Waals surface area contributed by atoms with Crippen molar-refractivity contribution in [3.05, 3.63) is 29.8 Å². The van der Waals surface area contributed by atoms with Gasteiger partial charge >= 0.3 is 0 Å². The van der Waals surface area contributed by atoms with Crippen molar-refractivity contribution in [3.8, 4) is 5.75 Å². The van der Waals surface area contributed by atoms with Crippen LogP contribution in [0.5, 0.6) is 5.75 Å². The molecular weight excluding hydrogens is 174 g/mol. The number of hydrogen-bond donors (Lipinski definition) is 1. The van der Waals surface area contributed by atoms with E-state index < -0.39 is 0 Å². The van der Waals surface area contributed by atoms with Crippen molar-refractivity contribution >= 4 is 0 Å². The summed E-state index contributed by atoms with van der Waals surface area (Å²) in [5.41, 5.74) is 1.41. The van der Waals surface area contributed by atoms with Crippen molar-refractivity contribution in [2.75, 3.05) is 13.7 Å². The first kappa shape index (κ1) is 9.53. The zero-order chi connectivity index (χ0) is 9.80. The highest BCUT2D eigenvalue weighted by Gasteiger charge is 2.18. The highest BCUT2D eigenvalue weighted by molar-refractivity contribution is 5.29. The maximum Gasteiger partial charge on any atom is 0.119 e. The van der Waals surface area contributed by atoms with Gasteiger partial charge in [0.25, 0.3) is 0 Å². The molecule has 2 heteroatoms. The molecular formula is C12H18NO+. The number of hydrogen-bond acceptors (Lipinski definition) is 1. The SMILES string of the molecule is COc1cccc([C@@H]2CCCC[NH2+]2)c1. The maximum absolute atomic E-state index is 5.23. The normalized spacial score (nSPS) is 21.9. The summed E-state index contributed by atoms with van der Waals surface area (Å²) in [6, 6.07) is 9.10. The van der Waals surface area contributed by atoms with Crippen LogP contribution in [-0.4, -0.2) is 13.7 Å². The highest BCUT2D eigenvalue weighted by atomic mass is 16.5. The molecule has 1 heterocycles. The third-order valence-corrected chi connectivity index (χ3v) is 2.94. The fourth-order valence-electron chi connectivity index (χ4n) is 2.12. The van der Waals surface area contributed by atoms with Crippen LogP contribution in [0.1, 0.15) is 30.9 Å². The Morgan fingerprint density at radius 2 is 2.29 bits per heavy atom. The van der Waals surface area contributed by atoms with E-state index in [1.807, 2.05) is 6.07 Å². The predicted molar refractivity (Wildman–Crippen MR) is 56.4 cm³/mol. The topological polar surface area (TPSA) is 25.8 Å². The van der Waals surface area contributed by atoms with Crippen molar-refractivity contribution in [2.45, 2.75) is 25.3 Å². The maximum atomic E-state index is 5.23. The van der Waals surface area contributed by atoms with Gasteiger partial charge in [0.1, 0.15) is 11.8 Å². The van der Waals surface area contributed by atoms with Crippen molar-refractivity contribution in [2.24, 2.45) is 0 Å². The van der Waals surface area contributed by atoms with E-state index in [9.17, 15) is 0 Å². The van der Waals surface area contributed by atoms with E-state index in [4.69, 9.17) is 4.74 Å². The van der Waals surface area contributed by atoms with Crippen LogP contribution in [0.4, 0.5) is 0 Å². The van der Waals surface area contributed by atoms with Gasteiger partial charge in [-0.3, -0.25) is 0 Å². The number of nitrogens with two attached hydrogens (primary N) is 1. The van der Waals surface area contributed by atoms with Crippen LogP contribution in [0, 0.1) is 0 Å². The van der Waals surface area contributed by atoms with E-state index in [-0.39, 0.29) is 0 Å². The molecule has 1 atom stereocenters. The van der Waals surface area contributed by atoms with Crippen molar-refractivity contribution in [1.82, 2.24) is 0 Å². The van der Waals surface area contributed by atoms with Crippen molar-refractivity contribution in [1.29, 1.82) is 0 Å². The minimum atomic E-state index is 0.652. The lowest BCUT2D eigenvalue weighted by Gasteiger charge is -2.20. The second kappa shape index (κ2) is 4.47. The number of benzene rings is 1. The smallest absolute Gasteiger partial charge is 0.119 e. The molecule has 0 spiro atoms. The molecule has 0 aromatic heterocycles. The van der Waals surface area contributed by atoms with Gasteiger partial charge < -0.3 is 10.1 Å². The molecule has 2 N–H and O–H groups in total. The first-order valence-corrected chi connectivity index (χ1v) is 5.37. The van der Waals surface area contributed by atoms with E-state index in [1.165, 1.54) is 31.4 Å². The van der Waals surface area contributed by atoms with Gasteiger partial charge in [-0.1, -0.05) is 12.1 Å². The molecule has 2 nitrogen and oxygen atoms in total. The molecule has 1 fully saturated rings. The van der Waals surface area contributed by atoms with Gasteiger partial charge in [-0.15, -0.1) is 0 Å². The quantitative estimate of drug-likeness (QED) is 0.754. The third kappa shape index (κ3) is 2.07. The zero-order valence-corrected chi connectivity index (χ0v) is 8.70. The summed E-state index contributed by atoms with van der Waals surface area (Å²) < 4.78 is 5.23. The van der Waals surface area contributed by atoms with Crippen LogP contribution >= 0.6 is 0 Å². The number of ether oxygens (including phenoxy) is 1. The van der Waals surface area contributed by atoms with Gasteiger partial charge in [0.15, 0.2) is 0 Å². The van der Waals surface area contributed by atoms with Crippen LogP contribution in [0.25, 0.3) is 0 Å². The molecule has 0 saturated carbocycles. The minimum Gasteiger partial charge on any atom is -0.497 e. The molecule has 1 aliphatic heterocycles. The molecule has 0 unspecified atom stereocenters. The van der Waals surface area contributed by atoms with E-state index in [0.717, 1.165) is 5.75 Å². The lowest BCUT2D eigenvalue weighted by Crippen LogP contribution is -2.86. The Kier molecular flexibility index (Phi) is 3.04. The largest absolute Gasteiger partial charge is 0.497 e. The Morgan fingerprint density at radius 3 is 3.00 bits per heavy atom. The van der Waals surface area contributed by atoms with Crippen LogP contribution in [-0.2, 0) is 0 Å². The summed E-state index contributed by atoms with van der Waals surface area (Å²) in [6.07, 6.45) is 4.02. The molecule has 1 aromatic carbocycles. The van der Waals surface area contributed by atoms with Gasteiger partial charge in [-0.2, -0.15) is 0 Å². The molecule has 14 heavy (non-hydrogen) atoms. The number of rotatable bonds is 2. The Bertz CT molecular complexity index is 292. The summed E-state index contributed by atoms with van der Waals surface area (Å²) in [4.78, 5) is 0. The van der Waals surface area contributed by atoms with Crippen LogP contribution < -0.4 is 10.1 Å². The lowest BCUT2D eigenvalue weighted by molar-refractivity contribution is -0.704. The average molecular weight is 192 g/mol. The second-order valence-corrected chi connectivity index (χ2v) is 3.90. The Balaban J connectivity index is 2.13. The number of methoxy groups -OCH3 is 1. The minimum absolute atomic E-state index is 0.652. The van der Waals surface area contributed by atoms with Gasteiger partial charge in [-0.05, 0) is 25.0 Å².